The molecule has 2 amide bonds. The molecule has 0 saturated heterocycles. The number of hydrogen-bond acceptors (Lipinski definition) is 5. The summed E-state index contributed by atoms with van der Waals surface area (Å²) in [4.78, 5) is 26.4. The molecule has 2 aromatic heterocycles. The molecule has 1 aliphatic carbocycles. The predicted octanol–water partition coefficient (Wildman–Crippen LogP) is 4.09. The first-order valence-electron chi connectivity index (χ1n) is 9.54. The molecule has 0 aliphatic heterocycles. The molecule has 0 bridgehead atoms. The number of carbonyl (C=O) groups is 2. The number of ether oxygens (including phenoxy) is 1. The first kappa shape index (κ1) is 19.3. The van der Waals surface area contributed by atoms with Crippen LogP contribution in [0.3, 0.4) is 0 Å². The van der Waals surface area contributed by atoms with E-state index in [2.05, 4.69) is 10.6 Å². The summed E-state index contributed by atoms with van der Waals surface area (Å²) in [6.07, 6.45) is 4.40. The van der Waals surface area contributed by atoms with Crippen LogP contribution in [0.1, 0.15) is 38.5 Å². The standard InChI is InChI=1S/C22H22N2O4S/c1-14-7-9-15(10-8-14)28-13-19(25)24-22-20(17-5-2-6-18(17)29-22)21(26)23-12-16-4-3-11-27-16/h3-4,7-11H,2,5-6,12-13H2,1H3,(H,23,26)(H,24,25). The molecule has 0 spiro atoms. The van der Waals surface area contributed by atoms with E-state index in [1.165, 1.54) is 16.2 Å². The molecule has 7 heteroatoms. The van der Waals surface area contributed by atoms with Gasteiger partial charge in [-0.1, -0.05) is 17.7 Å². The Kier molecular flexibility index (Phi) is 5.67. The highest BCUT2D eigenvalue weighted by molar-refractivity contribution is 7.17. The van der Waals surface area contributed by atoms with Gasteiger partial charge in [-0.05, 0) is 56.0 Å². The van der Waals surface area contributed by atoms with Gasteiger partial charge in [0.25, 0.3) is 11.8 Å². The third-order valence-electron chi connectivity index (χ3n) is 4.80. The molecule has 150 valence electrons. The fourth-order valence-corrected chi connectivity index (χ4v) is 4.65. The van der Waals surface area contributed by atoms with Crippen LogP contribution >= 0.6 is 11.3 Å². The van der Waals surface area contributed by atoms with Crippen molar-refractivity contribution < 1.29 is 18.7 Å². The first-order chi connectivity index (χ1) is 14.1. The van der Waals surface area contributed by atoms with Crippen LogP contribution in [0.25, 0.3) is 0 Å². The van der Waals surface area contributed by atoms with Crippen LogP contribution in [-0.4, -0.2) is 18.4 Å². The van der Waals surface area contributed by atoms with Gasteiger partial charge in [0.1, 0.15) is 16.5 Å². The number of carbonyl (C=O) groups excluding carboxylic acids is 2. The van der Waals surface area contributed by atoms with Crippen LogP contribution in [0.5, 0.6) is 5.75 Å². The average molecular weight is 410 g/mol. The second kappa shape index (κ2) is 8.53. The van der Waals surface area contributed by atoms with E-state index in [1.54, 1.807) is 12.3 Å². The molecular weight excluding hydrogens is 388 g/mol. The van der Waals surface area contributed by atoms with Gasteiger partial charge in [0.15, 0.2) is 6.61 Å². The molecule has 0 radical (unpaired) electrons. The van der Waals surface area contributed by atoms with Crippen molar-refractivity contribution in [3.63, 3.8) is 0 Å². The van der Waals surface area contributed by atoms with Crippen LogP contribution in [0, 0.1) is 6.92 Å². The molecule has 1 aromatic carbocycles. The number of thiophene rings is 1. The summed E-state index contributed by atoms with van der Waals surface area (Å²) in [5.74, 6) is 0.833. The summed E-state index contributed by atoms with van der Waals surface area (Å²) >= 11 is 1.48. The van der Waals surface area contributed by atoms with Gasteiger partial charge in [0.05, 0.1) is 18.4 Å². The highest BCUT2D eigenvalue weighted by Crippen LogP contribution is 2.39. The molecule has 4 rings (SSSR count). The number of amides is 2. The van der Waals surface area contributed by atoms with Crippen LogP contribution in [0.2, 0.25) is 0 Å². The molecule has 2 heterocycles. The van der Waals surface area contributed by atoms with Gasteiger partial charge in [-0.2, -0.15) is 0 Å². The zero-order valence-corrected chi connectivity index (χ0v) is 16.9. The summed E-state index contributed by atoms with van der Waals surface area (Å²) in [5, 5.41) is 6.34. The molecule has 0 atom stereocenters. The Bertz CT molecular complexity index is 1010. The van der Waals surface area contributed by atoms with Crippen molar-refractivity contribution in [3.05, 3.63) is 70.0 Å². The molecule has 0 saturated carbocycles. The Morgan fingerprint density at radius 1 is 1.17 bits per heavy atom. The van der Waals surface area contributed by atoms with E-state index in [9.17, 15) is 9.59 Å². The van der Waals surface area contributed by atoms with Gasteiger partial charge in [0.2, 0.25) is 0 Å². The average Bonchev–Trinajstić information content (AvgIpc) is 3.43. The summed E-state index contributed by atoms with van der Waals surface area (Å²) in [6, 6.07) is 11.1. The van der Waals surface area contributed by atoms with Gasteiger partial charge in [-0.25, -0.2) is 0 Å². The maximum Gasteiger partial charge on any atom is 0.262 e. The van der Waals surface area contributed by atoms with Crippen molar-refractivity contribution in [2.24, 2.45) is 0 Å². The zero-order valence-electron chi connectivity index (χ0n) is 16.1. The van der Waals surface area contributed by atoms with Crippen molar-refractivity contribution in [2.45, 2.75) is 32.7 Å². The SMILES string of the molecule is Cc1ccc(OCC(=O)Nc2sc3c(c2C(=O)NCc2ccco2)CCC3)cc1. The Morgan fingerprint density at radius 2 is 2.00 bits per heavy atom. The van der Waals surface area contributed by atoms with E-state index in [-0.39, 0.29) is 18.4 Å². The summed E-state index contributed by atoms with van der Waals surface area (Å²) in [6.45, 7) is 2.18. The number of hydrogen-bond donors (Lipinski definition) is 2. The molecule has 3 aromatic rings. The Hall–Kier alpha value is -3.06. The van der Waals surface area contributed by atoms with Gasteiger partial charge < -0.3 is 19.8 Å². The summed E-state index contributed by atoms with van der Waals surface area (Å²) in [7, 11) is 0. The van der Waals surface area contributed by atoms with Crippen molar-refractivity contribution in [1.29, 1.82) is 0 Å². The lowest BCUT2D eigenvalue weighted by atomic mass is 10.1. The van der Waals surface area contributed by atoms with E-state index >= 15 is 0 Å². The largest absolute Gasteiger partial charge is 0.484 e. The van der Waals surface area contributed by atoms with Gasteiger partial charge >= 0.3 is 0 Å². The summed E-state index contributed by atoms with van der Waals surface area (Å²) < 4.78 is 10.8. The monoisotopic (exact) mass is 410 g/mol. The fraction of sp³-hybridized carbons (Fsp3) is 0.273. The van der Waals surface area contributed by atoms with Crippen LogP contribution in [0.4, 0.5) is 5.00 Å². The lowest BCUT2D eigenvalue weighted by molar-refractivity contribution is -0.118. The molecule has 0 fully saturated rings. The fourth-order valence-electron chi connectivity index (χ4n) is 3.35. The first-order valence-corrected chi connectivity index (χ1v) is 10.4. The number of anilines is 1. The van der Waals surface area contributed by atoms with Crippen molar-refractivity contribution >= 4 is 28.2 Å². The van der Waals surface area contributed by atoms with Crippen LogP contribution < -0.4 is 15.4 Å². The lowest BCUT2D eigenvalue weighted by Crippen LogP contribution is -2.26. The highest BCUT2D eigenvalue weighted by atomic mass is 32.1. The quantitative estimate of drug-likeness (QED) is 0.615. The van der Waals surface area contributed by atoms with E-state index < -0.39 is 0 Å². The third kappa shape index (κ3) is 4.51. The smallest absolute Gasteiger partial charge is 0.262 e. The zero-order chi connectivity index (χ0) is 20.2. The van der Waals surface area contributed by atoms with Gasteiger partial charge in [-0.3, -0.25) is 9.59 Å². The van der Waals surface area contributed by atoms with E-state index in [0.717, 1.165) is 30.4 Å². The molecule has 29 heavy (non-hydrogen) atoms. The highest BCUT2D eigenvalue weighted by Gasteiger charge is 2.27. The second-order valence-corrected chi connectivity index (χ2v) is 8.08. The minimum absolute atomic E-state index is 0.112. The molecule has 6 nitrogen and oxygen atoms in total. The normalized spacial score (nSPS) is 12.4. The minimum Gasteiger partial charge on any atom is -0.484 e. The summed E-state index contributed by atoms with van der Waals surface area (Å²) in [5.41, 5.74) is 2.74. The van der Waals surface area contributed by atoms with Gasteiger partial charge in [0, 0.05) is 4.88 Å². The number of nitrogens with one attached hydrogen (secondary N) is 2. The number of benzene rings is 1. The van der Waals surface area contributed by atoms with E-state index in [0.29, 0.717) is 28.6 Å². The van der Waals surface area contributed by atoms with Gasteiger partial charge in [-0.15, -0.1) is 11.3 Å². The van der Waals surface area contributed by atoms with Crippen molar-refractivity contribution in [3.8, 4) is 5.75 Å². The topological polar surface area (TPSA) is 80.6 Å². The molecular formula is C22H22N2O4S. The number of aryl methyl sites for hydroxylation is 2. The Morgan fingerprint density at radius 3 is 2.76 bits per heavy atom. The Balaban J connectivity index is 1.43. The molecule has 0 unspecified atom stereocenters. The van der Waals surface area contributed by atoms with Crippen molar-refractivity contribution in [1.82, 2.24) is 5.32 Å². The maximum atomic E-state index is 12.8. The van der Waals surface area contributed by atoms with Crippen LogP contribution in [-0.2, 0) is 24.2 Å². The predicted molar refractivity (Wildman–Crippen MR) is 112 cm³/mol. The molecule has 2 N–H and O–H groups in total. The van der Waals surface area contributed by atoms with E-state index in [4.69, 9.17) is 9.15 Å². The minimum atomic E-state index is -0.286. The van der Waals surface area contributed by atoms with Crippen molar-refractivity contribution in [2.75, 3.05) is 11.9 Å². The second-order valence-electron chi connectivity index (χ2n) is 6.97. The molecule has 1 aliphatic rings. The van der Waals surface area contributed by atoms with Crippen LogP contribution in [0.15, 0.2) is 47.1 Å². The number of furan rings is 1. The third-order valence-corrected chi connectivity index (χ3v) is 6.00. The maximum absolute atomic E-state index is 12.8. The van der Waals surface area contributed by atoms with E-state index in [1.807, 2.05) is 37.3 Å². The number of fused-ring (bicyclic) bond motifs is 1. The Labute approximate surface area is 172 Å². The number of rotatable bonds is 7. The lowest BCUT2D eigenvalue weighted by Gasteiger charge is -2.10.